The molecule has 0 aliphatic carbocycles. The van der Waals surface area contributed by atoms with E-state index in [1.54, 1.807) is 0 Å². The smallest absolute Gasteiger partial charge is 0.268 e. The molecule has 2 N–H and O–H groups in total. The van der Waals surface area contributed by atoms with Crippen LogP contribution in [0, 0.1) is 12.8 Å². The van der Waals surface area contributed by atoms with Crippen molar-refractivity contribution in [1.29, 1.82) is 0 Å². The fourth-order valence-corrected chi connectivity index (χ4v) is 3.52. The number of aliphatic hydroxyl groups is 1. The Kier molecular flexibility index (Phi) is 5.56. The number of likely N-dealkylation sites (tertiary alicyclic amines) is 1. The summed E-state index contributed by atoms with van der Waals surface area (Å²) < 4.78 is 1.90. The monoisotopic (exact) mass is 341 g/mol. The highest BCUT2D eigenvalue weighted by molar-refractivity contribution is 5.93. The van der Waals surface area contributed by atoms with Crippen LogP contribution < -0.4 is 5.32 Å². The van der Waals surface area contributed by atoms with Gasteiger partial charge in [-0.1, -0.05) is 30.3 Å². The SMILES string of the molecule is Cc1ccc(C(=O)NC2CN(Cc3ccccc3)CCC2CO)n1C. The van der Waals surface area contributed by atoms with Gasteiger partial charge in [-0.3, -0.25) is 9.69 Å². The highest BCUT2D eigenvalue weighted by Crippen LogP contribution is 2.20. The molecule has 2 aromatic rings. The van der Waals surface area contributed by atoms with Crippen LogP contribution in [-0.4, -0.2) is 46.2 Å². The van der Waals surface area contributed by atoms with Crippen molar-refractivity contribution in [3.05, 3.63) is 59.4 Å². The predicted octanol–water partition coefficient (Wildman–Crippen LogP) is 1.95. The van der Waals surface area contributed by atoms with E-state index in [2.05, 4.69) is 22.3 Å². The van der Waals surface area contributed by atoms with Gasteiger partial charge in [0.2, 0.25) is 0 Å². The van der Waals surface area contributed by atoms with Crippen LogP contribution in [0.15, 0.2) is 42.5 Å². The van der Waals surface area contributed by atoms with Gasteiger partial charge < -0.3 is 15.0 Å². The summed E-state index contributed by atoms with van der Waals surface area (Å²) in [6.45, 7) is 4.66. The molecule has 3 rings (SSSR count). The molecular formula is C20H27N3O2. The molecule has 1 aliphatic rings. The summed E-state index contributed by atoms with van der Waals surface area (Å²) in [4.78, 5) is 15.0. The fraction of sp³-hybridized carbons (Fsp3) is 0.450. The molecule has 1 saturated heterocycles. The first-order chi connectivity index (χ1) is 12.1. The molecular weight excluding hydrogens is 314 g/mol. The number of hydrogen-bond donors (Lipinski definition) is 2. The number of benzene rings is 1. The number of hydrogen-bond acceptors (Lipinski definition) is 3. The number of aliphatic hydroxyl groups excluding tert-OH is 1. The third-order valence-corrected chi connectivity index (χ3v) is 5.25. The molecule has 1 aromatic heterocycles. The Labute approximate surface area is 149 Å². The van der Waals surface area contributed by atoms with Crippen LogP contribution in [-0.2, 0) is 13.6 Å². The van der Waals surface area contributed by atoms with Crippen molar-refractivity contribution in [2.24, 2.45) is 13.0 Å². The molecule has 134 valence electrons. The second-order valence-corrected chi connectivity index (χ2v) is 6.95. The lowest BCUT2D eigenvalue weighted by Gasteiger charge is -2.38. The Bertz CT molecular complexity index is 711. The van der Waals surface area contributed by atoms with Crippen LogP contribution in [0.25, 0.3) is 0 Å². The Morgan fingerprint density at radius 1 is 1.24 bits per heavy atom. The third kappa shape index (κ3) is 4.11. The Morgan fingerprint density at radius 2 is 2.00 bits per heavy atom. The Morgan fingerprint density at radius 3 is 2.64 bits per heavy atom. The molecule has 1 amide bonds. The number of carbonyl (C=O) groups excluding carboxylic acids is 1. The van der Waals surface area contributed by atoms with Crippen LogP contribution in [0.3, 0.4) is 0 Å². The maximum absolute atomic E-state index is 12.6. The van der Waals surface area contributed by atoms with Crippen molar-refractivity contribution >= 4 is 5.91 Å². The molecule has 5 heteroatoms. The molecule has 0 bridgehead atoms. The van der Waals surface area contributed by atoms with E-state index in [9.17, 15) is 9.90 Å². The summed E-state index contributed by atoms with van der Waals surface area (Å²) in [5, 5.41) is 12.8. The van der Waals surface area contributed by atoms with Gasteiger partial charge in [0.1, 0.15) is 5.69 Å². The van der Waals surface area contributed by atoms with Crippen molar-refractivity contribution in [3.63, 3.8) is 0 Å². The number of aryl methyl sites for hydroxylation is 1. The standard InChI is InChI=1S/C20H27N3O2/c1-15-8-9-19(22(15)2)20(25)21-18-13-23(11-10-17(18)14-24)12-16-6-4-3-5-7-16/h3-9,17-18,24H,10-14H2,1-2H3,(H,21,25). The van der Waals surface area contributed by atoms with Gasteiger partial charge in [0, 0.05) is 44.4 Å². The Hall–Kier alpha value is -2.11. The van der Waals surface area contributed by atoms with Crippen molar-refractivity contribution in [1.82, 2.24) is 14.8 Å². The lowest BCUT2D eigenvalue weighted by molar-refractivity contribution is 0.0724. The molecule has 2 atom stereocenters. The molecule has 25 heavy (non-hydrogen) atoms. The van der Waals surface area contributed by atoms with Gasteiger partial charge in [-0.15, -0.1) is 0 Å². The second-order valence-electron chi connectivity index (χ2n) is 6.95. The number of piperidine rings is 1. The van der Waals surface area contributed by atoms with Gasteiger partial charge in [0.05, 0.1) is 0 Å². The lowest BCUT2D eigenvalue weighted by Crippen LogP contribution is -2.53. The highest BCUT2D eigenvalue weighted by Gasteiger charge is 2.30. The minimum atomic E-state index is -0.0689. The molecule has 1 fully saturated rings. The minimum Gasteiger partial charge on any atom is -0.396 e. The van der Waals surface area contributed by atoms with Gasteiger partial charge >= 0.3 is 0 Å². The quantitative estimate of drug-likeness (QED) is 0.874. The summed E-state index contributed by atoms with van der Waals surface area (Å²) in [7, 11) is 1.90. The van der Waals surface area contributed by atoms with Crippen molar-refractivity contribution < 1.29 is 9.90 Å². The van der Waals surface area contributed by atoms with Crippen LogP contribution in [0.1, 0.15) is 28.2 Å². The molecule has 1 aliphatic heterocycles. The lowest BCUT2D eigenvalue weighted by atomic mass is 9.91. The topological polar surface area (TPSA) is 57.5 Å². The average molecular weight is 341 g/mol. The van der Waals surface area contributed by atoms with Gasteiger partial charge in [-0.2, -0.15) is 0 Å². The fourth-order valence-electron chi connectivity index (χ4n) is 3.52. The number of rotatable bonds is 5. The van der Waals surface area contributed by atoms with Crippen LogP contribution in [0.4, 0.5) is 0 Å². The van der Waals surface area contributed by atoms with Gasteiger partial charge in [0.15, 0.2) is 0 Å². The van der Waals surface area contributed by atoms with Crippen molar-refractivity contribution in [3.8, 4) is 0 Å². The molecule has 2 unspecified atom stereocenters. The van der Waals surface area contributed by atoms with E-state index in [-0.39, 0.29) is 24.5 Å². The maximum atomic E-state index is 12.6. The van der Waals surface area contributed by atoms with E-state index in [1.165, 1.54) is 5.56 Å². The third-order valence-electron chi connectivity index (χ3n) is 5.25. The minimum absolute atomic E-state index is 0.0369. The van der Waals surface area contributed by atoms with Crippen LogP contribution in [0.5, 0.6) is 0 Å². The zero-order chi connectivity index (χ0) is 17.8. The number of amides is 1. The van der Waals surface area contributed by atoms with Gasteiger partial charge in [0.25, 0.3) is 5.91 Å². The summed E-state index contributed by atoms with van der Waals surface area (Å²) in [5.74, 6) is 0.0398. The maximum Gasteiger partial charge on any atom is 0.268 e. The number of nitrogens with one attached hydrogen (secondary N) is 1. The first-order valence-corrected chi connectivity index (χ1v) is 8.89. The summed E-state index contributed by atoms with van der Waals surface area (Å²) in [5.41, 5.74) is 2.99. The molecule has 1 aromatic carbocycles. The van der Waals surface area contributed by atoms with E-state index in [1.807, 2.05) is 48.9 Å². The van der Waals surface area contributed by atoms with Crippen molar-refractivity contribution in [2.75, 3.05) is 19.7 Å². The van der Waals surface area contributed by atoms with Crippen molar-refractivity contribution in [2.45, 2.75) is 25.9 Å². The molecule has 2 heterocycles. The van der Waals surface area contributed by atoms with Crippen LogP contribution >= 0.6 is 0 Å². The predicted molar refractivity (Wildman–Crippen MR) is 98.3 cm³/mol. The molecule has 5 nitrogen and oxygen atoms in total. The molecule has 0 spiro atoms. The van der Waals surface area contributed by atoms with E-state index in [4.69, 9.17) is 0 Å². The van der Waals surface area contributed by atoms with E-state index in [0.29, 0.717) is 5.69 Å². The highest BCUT2D eigenvalue weighted by atomic mass is 16.3. The normalized spacial score (nSPS) is 21.2. The largest absolute Gasteiger partial charge is 0.396 e. The van der Waals surface area contributed by atoms with Gasteiger partial charge in [-0.05, 0) is 37.6 Å². The number of carbonyl (C=O) groups is 1. The first kappa shape index (κ1) is 17.7. The molecule has 0 radical (unpaired) electrons. The van der Waals surface area contributed by atoms with Crippen LogP contribution in [0.2, 0.25) is 0 Å². The van der Waals surface area contributed by atoms with Gasteiger partial charge in [-0.25, -0.2) is 0 Å². The number of aromatic nitrogens is 1. The van der Waals surface area contributed by atoms with E-state index < -0.39 is 0 Å². The summed E-state index contributed by atoms with van der Waals surface area (Å²) >= 11 is 0. The Balaban J connectivity index is 1.67. The summed E-state index contributed by atoms with van der Waals surface area (Å²) in [6, 6.07) is 14.1. The van der Waals surface area contributed by atoms with E-state index >= 15 is 0 Å². The van der Waals surface area contributed by atoms with E-state index in [0.717, 1.165) is 31.7 Å². The second kappa shape index (κ2) is 7.85. The zero-order valence-electron chi connectivity index (χ0n) is 15.0. The average Bonchev–Trinajstić information content (AvgIpc) is 2.95. The zero-order valence-corrected chi connectivity index (χ0v) is 15.0. The first-order valence-electron chi connectivity index (χ1n) is 8.89. The molecule has 0 saturated carbocycles. The number of nitrogens with zero attached hydrogens (tertiary/aromatic N) is 2. The summed E-state index contributed by atoms with van der Waals surface area (Å²) in [6.07, 6.45) is 0.889.